The van der Waals surface area contributed by atoms with Crippen molar-refractivity contribution in [1.82, 2.24) is 10.3 Å². The second-order valence-electron chi connectivity index (χ2n) is 7.97. The molecule has 0 atom stereocenters. The number of rotatable bonds is 6. The Kier molecular flexibility index (Phi) is 9.43. The number of nitrogens with two attached hydrogens (primary N) is 1. The van der Waals surface area contributed by atoms with Crippen LogP contribution < -0.4 is 20.5 Å². The van der Waals surface area contributed by atoms with Gasteiger partial charge in [-0.05, 0) is 61.6 Å². The quantitative estimate of drug-likeness (QED) is 0.460. The number of nitrogens with zero attached hydrogens (tertiary/aromatic N) is 1. The second-order valence-corrected chi connectivity index (χ2v) is 8.41. The minimum Gasteiger partial charge on any atom is -0.496 e. The van der Waals surface area contributed by atoms with E-state index >= 15 is 0 Å². The fourth-order valence-corrected chi connectivity index (χ4v) is 4.68. The van der Waals surface area contributed by atoms with Crippen LogP contribution in [0, 0.1) is 0 Å². The predicted molar refractivity (Wildman–Crippen MR) is 136 cm³/mol. The van der Waals surface area contributed by atoms with E-state index < -0.39 is 0 Å². The molecule has 1 heterocycles. The number of benzene rings is 2. The highest BCUT2D eigenvalue weighted by Crippen LogP contribution is 2.38. The van der Waals surface area contributed by atoms with Crippen LogP contribution in [0.4, 0.5) is 0 Å². The van der Waals surface area contributed by atoms with Gasteiger partial charge in [-0.3, -0.25) is 4.98 Å². The molecule has 0 aliphatic heterocycles. The Labute approximate surface area is 206 Å². The van der Waals surface area contributed by atoms with Crippen LogP contribution in [0.5, 0.6) is 11.5 Å². The normalized spacial score (nSPS) is 20.2. The average Bonchev–Trinajstić information content (AvgIpc) is 2.77. The maximum atomic E-state index is 6.92. The van der Waals surface area contributed by atoms with Crippen LogP contribution in [-0.4, -0.2) is 25.2 Å². The number of aromatic nitrogens is 1. The van der Waals surface area contributed by atoms with Crippen molar-refractivity contribution >= 4 is 47.3 Å². The largest absolute Gasteiger partial charge is 0.496 e. The minimum absolute atomic E-state index is 0. The van der Waals surface area contributed by atoms with Gasteiger partial charge in [0.15, 0.2) is 0 Å². The molecule has 0 amide bonds. The Morgan fingerprint density at radius 1 is 1.06 bits per heavy atom. The van der Waals surface area contributed by atoms with Gasteiger partial charge >= 0.3 is 0 Å². The summed E-state index contributed by atoms with van der Waals surface area (Å²) in [6, 6.07) is 14.2. The number of pyridine rings is 1. The number of nitrogens with one attached hydrogen (secondary N) is 1. The number of hydrogen-bond acceptors (Lipinski definition) is 5. The minimum atomic E-state index is -0.352. The summed E-state index contributed by atoms with van der Waals surface area (Å²) in [5, 5.41) is 5.46. The van der Waals surface area contributed by atoms with E-state index in [0.29, 0.717) is 17.6 Å². The number of hydrogen-bond donors (Lipinski definition) is 2. The summed E-state index contributed by atoms with van der Waals surface area (Å²) < 4.78 is 11.0. The molecule has 0 radical (unpaired) electrons. The molecular weight excluding hydrogens is 469 g/mol. The van der Waals surface area contributed by atoms with Crippen molar-refractivity contribution in [2.75, 3.05) is 14.2 Å². The first kappa shape index (κ1) is 26.5. The van der Waals surface area contributed by atoms with Gasteiger partial charge in [-0.25, -0.2) is 0 Å². The first-order valence-corrected chi connectivity index (χ1v) is 10.7. The fourth-order valence-electron chi connectivity index (χ4n) is 4.51. The molecule has 4 rings (SSSR count). The average molecular weight is 499 g/mol. The van der Waals surface area contributed by atoms with Crippen molar-refractivity contribution in [2.45, 2.75) is 43.8 Å². The highest BCUT2D eigenvalue weighted by molar-refractivity contribution is 6.31. The smallest absolute Gasteiger partial charge is 0.127 e. The zero-order chi connectivity index (χ0) is 21.1. The molecule has 2 aromatic carbocycles. The van der Waals surface area contributed by atoms with E-state index in [1.807, 2.05) is 42.6 Å². The summed E-state index contributed by atoms with van der Waals surface area (Å²) in [6.45, 7) is 0.701. The van der Waals surface area contributed by atoms with Gasteiger partial charge in [0, 0.05) is 40.3 Å². The molecule has 32 heavy (non-hydrogen) atoms. The van der Waals surface area contributed by atoms with Gasteiger partial charge < -0.3 is 20.5 Å². The van der Waals surface area contributed by atoms with Gasteiger partial charge in [-0.15, -0.1) is 24.8 Å². The van der Waals surface area contributed by atoms with Crippen LogP contribution in [0.1, 0.15) is 36.8 Å². The lowest BCUT2D eigenvalue weighted by Crippen LogP contribution is -2.45. The van der Waals surface area contributed by atoms with E-state index in [0.717, 1.165) is 59.2 Å². The van der Waals surface area contributed by atoms with Gasteiger partial charge in [0.05, 0.1) is 19.7 Å². The molecule has 1 aromatic heterocycles. The monoisotopic (exact) mass is 497 g/mol. The van der Waals surface area contributed by atoms with Crippen LogP contribution in [0.25, 0.3) is 10.9 Å². The molecule has 1 aliphatic rings. The third kappa shape index (κ3) is 5.41. The van der Waals surface area contributed by atoms with Crippen LogP contribution in [0.2, 0.25) is 5.02 Å². The second kappa shape index (κ2) is 11.4. The zero-order valence-corrected chi connectivity index (χ0v) is 20.7. The maximum Gasteiger partial charge on any atom is 0.127 e. The lowest BCUT2D eigenvalue weighted by atomic mass is 9.74. The molecule has 1 saturated carbocycles. The van der Waals surface area contributed by atoms with Crippen LogP contribution >= 0.6 is 36.4 Å². The molecule has 3 aromatic rings. The maximum absolute atomic E-state index is 6.92. The Balaban J connectivity index is 0.00000181. The molecule has 3 N–H and O–H groups in total. The third-order valence-electron chi connectivity index (χ3n) is 6.22. The summed E-state index contributed by atoms with van der Waals surface area (Å²) >= 11 is 6.14. The molecule has 0 bridgehead atoms. The van der Waals surface area contributed by atoms with Gasteiger partial charge in [0.25, 0.3) is 0 Å². The number of methoxy groups -OCH3 is 2. The fraction of sp³-hybridized carbons (Fsp3) is 0.375. The van der Waals surface area contributed by atoms with Gasteiger partial charge in [0.1, 0.15) is 11.5 Å². The van der Waals surface area contributed by atoms with Gasteiger partial charge in [0.2, 0.25) is 0 Å². The number of fused-ring (bicyclic) bond motifs is 1. The Morgan fingerprint density at radius 3 is 2.34 bits per heavy atom. The first-order valence-electron chi connectivity index (χ1n) is 10.3. The van der Waals surface area contributed by atoms with E-state index in [9.17, 15) is 0 Å². The van der Waals surface area contributed by atoms with Gasteiger partial charge in [-0.2, -0.15) is 0 Å². The van der Waals surface area contributed by atoms with Crippen LogP contribution in [0.3, 0.4) is 0 Å². The first-order chi connectivity index (χ1) is 14.5. The standard InChI is InChI=1S/C24H28ClN3O2.2ClH/c1-29-22-4-3-5-23(30-2)19(22)15-28-17-8-11-24(26,12-9-17)20-10-13-27-21-14-16(25)6-7-18(20)21;;/h3-7,10,13-14,17,28H,8-9,11-12,15,26H2,1-2H3;2*1H. The topological polar surface area (TPSA) is 69.4 Å². The summed E-state index contributed by atoms with van der Waals surface area (Å²) in [5.41, 5.74) is 9.67. The molecule has 8 heteroatoms. The number of halogens is 3. The third-order valence-corrected chi connectivity index (χ3v) is 6.45. The van der Waals surface area contributed by atoms with Crippen LogP contribution in [0.15, 0.2) is 48.7 Å². The molecule has 0 unspecified atom stereocenters. The van der Waals surface area contributed by atoms with E-state index in [1.165, 1.54) is 0 Å². The van der Waals surface area contributed by atoms with Crippen molar-refractivity contribution in [3.05, 3.63) is 64.8 Å². The summed E-state index contributed by atoms with van der Waals surface area (Å²) in [7, 11) is 3.38. The van der Waals surface area contributed by atoms with Crippen LogP contribution in [-0.2, 0) is 12.1 Å². The molecule has 174 valence electrons. The lowest BCUT2D eigenvalue weighted by Gasteiger charge is -2.38. The highest BCUT2D eigenvalue weighted by Gasteiger charge is 2.34. The molecule has 1 fully saturated rings. The predicted octanol–water partition coefficient (Wildman–Crippen LogP) is 5.64. The van der Waals surface area contributed by atoms with E-state index in [-0.39, 0.29) is 30.4 Å². The Hall–Kier alpha value is -1.76. The molecular formula is C24H30Cl3N3O2. The molecule has 0 saturated heterocycles. The van der Waals surface area contributed by atoms with Gasteiger partial charge in [-0.1, -0.05) is 23.7 Å². The van der Waals surface area contributed by atoms with Crippen molar-refractivity contribution in [3.8, 4) is 11.5 Å². The van der Waals surface area contributed by atoms with Crippen molar-refractivity contribution in [3.63, 3.8) is 0 Å². The number of ether oxygens (including phenoxy) is 2. The Morgan fingerprint density at radius 2 is 1.72 bits per heavy atom. The lowest BCUT2D eigenvalue weighted by molar-refractivity contribution is 0.251. The SMILES string of the molecule is COc1cccc(OC)c1CNC1CCC(N)(c2ccnc3cc(Cl)ccc23)CC1.Cl.Cl. The van der Waals surface area contributed by atoms with E-state index in [1.54, 1.807) is 14.2 Å². The highest BCUT2D eigenvalue weighted by atomic mass is 35.5. The van der Waals surface area contributed by atoms with Crippen molar-refractivity contribution < 1.29 is 9.47 Å². The van der Waals surface area contributed by atoms with E-state index in [4.69, 9.17) is 26.8 Å². The Bertz CT molecular complexity index is 1020. The summed E-state index contributed by atoms with van der Waals surface area (Å²) in [5.74, 6) is 1.68. The van der Waals surface area contributed by atoms with E-state index in [2.05, 4.69) is 16.4 Å². The molecule has 0 spiro atoms. The summed E-state index contributed by atoms with van der Waals surface area (Å²) in [6.07, 6.45) is 5.67. The molecule has 5 nitrogen and oxygen atoms in total. The zero-order valence-electron chi connectivity index (χ0n) is 18.3. The van der Waals surface area contributed by atoms with Crippen molar-refractivity contribution in [2.24, 2.45) is 5.73 Å². The van der Waals surface area contributed by atoms with Crippen molar-refractivity contribution in [1.29, 1.82) is 0 Å². The molecule has 1 aliphatic carbocycles. The summed E-state index contributed by atoms with van der Waals surface area (Å²) in [4.78, 5) is 4.46.